The smallest absolute Gasteiger partial charge is 0.309 e. The molecule has 0 aromatic rings. The summed E-state index contributed by atoms with van der Waals surface area (Å²) in [7, 11) is 0. The Balaban J connectivity index is 2.26. The van der Waals surface area contributed by atoms with Gasteiger partial charge < -0.3 is 9.47 Å². The van der Waals surface area contributed by atoms with Gasteiger partial charge in [-0.3, -0.25) is 4.79 Å². The van der Waals surface area contributed by atoms with Crippen LogP contribution in [0.5, 0.6) is 0 Å². The van der Waals surface area contributed by atoms with Gasteiger partial charge in [0.15, 0.2) is 0 Å². The van der Waals surface area contributed by atoms with Crippen molar-refractivity contribution in [3.8, 4) is 0 Å². The summed E-state index contributed by atoms with van der Waals surface area (Å²) < 4.78 is 10.9. The summed E-state index contributed by atoms with van der Waals surface area (Å²) in [6.45, 7) is 5.29. The van der Waals surface area contributed by atoms with Crippen molar-refractivity contribution in [2.75, 3.05) is 13.2 Å². The molecule has 100 valence electrons. The van der Waals surface area contributed by atoms with Crippen LogP contribution in [0.1, 0.15) is 46.0 Å². The van der Waals surface area contributed by atoms with Crippen LogP contribution in [0.15, 0.2) is 0 Å². The molecular formula is C13H23BrO3. The molecule has 3 unspecified atom stereocenters. The third kappa shape index (κ3) is 4.96. The maximum absolute atomic E-state index is 11.6. The van der Waals surface area contributed by atoms with Gasteiger partial charge in [0.1, 0.15) is 0 Å². The molecule has 0 amide bonds. The van der Waals surface area contributed by atoms with E-state index < -0.39 is 0 Å². The Labute approximate surface area is 112 Å². The molecule has 0 aromatic carbocycles. The van der Waals surface area contributed by atoms with Crippen molar-refractivity contribution in [3.05, 3.63) is 0 Å². The Morgan fingerprint density at radius 3 is 2.71 bits per heavy atom. The molecule has 3 atom stereocenters. The van der Waals surface area contributed by atoms with Crippen LogP contribution in [0.4, 0.5) is 0 Å². The molecule has 3 nitrogen and oxygen atoms in total. The highest BCUT2D eigenvalue weighted by molar-refractivity contribution is 9.09. The Hall–Kier alpha value is -0.0900. The van der Waals surface area contributed by atoms with Crippen LogP contribution in [0.25, 0.3) is 0 Å². The predicted octanol–water partition coefficient (Wildman–Crippen LogP) is 3.30. The van der Waals surface area contributed by atoms with Crippen molar-refractivity contribution in [1.29, 1.82) is 0 Å². The van der Waals surface area contributed by atoms with E-state index in [1.807, 2.05) is 6.92 Å². The van der Waals surface area contributed by atoms with E-state index in [4.69, 9.17) is 9.47 Å². The van der Waals surface area contributed by atoms with Gasteiger partial charge in [0, 0.05) is 11.4 Å². The fourth-order valence-corrected chi connectivity index (χ4v) is 2.98. The fourth-order valence-electron chi connectivity index (χ4n) is 2.16. The first-order valence-corrected chi connectivity index (χ1v) is 7.52. The van der Waals surface area contributed by atoms with Crippen molar-refractivity contribution >= 4 is 21.9 Å². The molecule has 0 N–H and O–H groups in total. The van der Waals surface area contributed by atoms with E-state index in [1.165, 1.54) is 12.8 Å². The monoisotopic (exact) mass is 306 g/mol. The number of alkyl halides is 1. The molecule has 0 heterocycles. The Morgan fingerprint density at radius 1 is 1.29 bits per heavy atom. The summed E-state index contributed by atoms with van der Waals surface area (Å²) in [6, 6.07) is 0. The van der Waals surface area contributed by atoms with Crippen molar-refractivity contribution < 1.29 is 14.3 Å². The third-order valence-corrected chi connectivity index (χ3v) is 4.09. The first-order chi connectivity index (χ1) is 8.19. The first-order valence-electron chi connectivity index (χ1n) is 6.61. The molecule has 1 saturated carbocycles. The highest BCUT2D eigenvalue weighted by atomic mass is 79.9. The summed E-state index contributed by atoms with van der Waals surface area (Å²) in [5, 5.41) is 0. The van der Waals surface area contributed by atoms with E-state index in [-0.39, 0.29) is 18.0 Å². The van der Waals surface area contributed by atoms with Gasteiger partial charge in [-0.1, -0.05) is 35.7 Å². The van der Waals surface area contributed by atoms with Crippen LogP contribution < -0.4 is 0 Å². The number of hydrogen-bond acceptors (Lipinski definition) is 3. The number of ether oxygens (including phenoxy) is 2. The lowest BCUT2D eigenvalue weighted by atomic mass is 10.1. The van der Waals surface area contributed by atoms with Crippen LogP contribution >= 0.6 is 15.9 Å². The topological polar surface area (TPSA) is 35.5 Å². The second-order valence-corrected chi connectivity index (χ2v) is 5.73. The Kier molecular flexibility index (Phi) is 7.12. The number of rotatable bonds is 7. The van der Waals surface area contributed by atoms with E-state index in [0.717, 1.165) is 25.9 Å². The van der Waals surface area contributed by atoms with Crippen molar-refractivity contribution in [2.45, 2.75) is 56.9 Å². The molecule has 1 aliphatic carbocycles. The van der Waals surface area contributed by atoms with Gasteiger partial charge in [0.2, 0.25) is 0 Å². The molecule has 1 aliphatic rings. The molecular weight excluding hydrogens is 284 g/mol. The minimum absolute atomic E-state index is 0.00972. The molecule has 4 heteroatoms. The van der Waals surface area contributed by atoms with E-state index in [9.17, 15) is 4.79 Å². The van der Waals surface area contributed by atoms with Gasteiger partial charge in [-0.2, -0.15) is 0 Å². The summed E-state index contributed by atoms with van der Waals surface area (Å²) in [4.78, 5) is 11.9. The Morgan fingerprint density at radius 2 is 2.06 bits per heavy atom. The maximum atomic E-state index is 11.6. The summed E-state index contributed by atoms with van der Waals surface area (Å²) in [5.41, 5.74) is 0. The lowest BCUT2D eigenvalue weighted by Crippen LogP contribution is -2.19. The quantitative estimate of drug-likeness (QED) is 0.411. The van der Waals surface area contributed by atoms with Gasteiger partial charge >= 0.3 is 5.97 Å². The largest absolute Gasteiger partial charge is 0.466 e. The van der Waals surface area contributed by atoms with Crippen LogP contribution in [0.2, 0.25) is 0 Å². The SMILES string of the molecule is CCCCCOC1CC(C(=O)OCC)CC1Br. The minimum Gasteiger partial charge on any atom is -0.466 e. The second kappa shape index (κ2) is 8.09. The second-order valence-electron chi connectivity index (χ2n) is 4.55. The van der Waals surface area contributed by atoms with Crippen LogP contribution in [0, 0.1) is 5.92 Å². The number of halogens is 1. The summed E-state index contributed by atoms with van der Waals surface area (Å²) >= 11 is 3.60. The highest BCUT2D eigenvalue weighted by Crippen LogP contribution is 2.34. The zero-order chi connectivity index (χ0) is 12.7. The number of hydrogen-bond donors (Lipinski definition) is 0. The molecule has 1 fully saturated rings. The average molecular weight is 307 g/mol. The summed E-state index contributed by atoms with van der Waals surface area (Å²) in [6.07, 6.45) is 5.31. The van der Waals surface area contributed by atoms with E-state index in [2.05, 4.69) is 22.9 Å². The number of esters is 1. The molecule has 0 aromatic heterocycles. The number of carbonyl (C=O) groups is 1. The van der Waals surface area contributed by atoms with Crippen LogP contribution in [-0.2, 0) is 14.3 Å². The molecule has 0 radical (unpaired) electrons. The van der Waals surface area contributed by atoms with Gasteiger partial charge in [0.25, 0.3) is 0 Å². The van der Waals surface area contributed by atoms with Gasteiger partial charge in [-0.25, -0.2) is 0 Å². The molecule has 17 heavy (non-hydrogen) atoms. The standard InChI is InChI=1S/C13H23BrO3/c1-3-5-6-7-17-12-9-10(8-11(12)14)13(15)16-4-2/h10-12H,3-9H2,1-2H3. The molecule has 0 saturated heterocycles. The summed E-state index contributed by atoms with van der Waals surface area (Å²) in [5.74, 6) is -0.0629. The van der Waals surface area contributed by atoms with Crippen molar-refractivity contribution in [3.63, 3.8) is 0 Å². The molecule has 1 rings (SSSR count). The predicted molar refractivity (Wildman–Crippen MR) is 71.3 cm³/mol. The first kappa shape index (κ1) is 15.0. The van der Waals surface area contributed by atoms with E-state index in [0.29, 0.717) is 11.4 Å². The van der Waals surface area contributed by atoms with Crippen molar-refractivity contribution in [1.82, 2.24) is 0 Å². The normalized spacial score (nSPS) is 28.3. The highest BCUT2D eigenvalue weighted by Gasteiger charge is 2.37. The fraction of sp³-hybridized carbons (Fsp3) is 0.923. The van der Waals surface area contributed by atoms with E-state index in [1.54, 1.807) is 0 Å². The van der Waals surface area contributed by atoms with Gasteiger partial charge in [0.05, 0.1) is 18.6 Å². The lowest BCUT2D eigenvalue weighted by Gasteiger charge is -2.14. The van der Waals surface area contributed by atoms with Crippen molar-refractivity contribution in [2.24, 2.45) is 5.92 Å². The molecule has 0 spiro atoms. The Bertz CT molecular complexity index is 233. The average Bonchev–Trinajstić information content (AvgIpc) is 2.67. The molecule has 0 bridgehead atoms. The third-order valence-electron chi connectivity index (χ3n) is 3.13. The van der Waals surface area contributed by atoms with E-state index >= 15 is 0 Å². The van der Waals surface area contributed by atoms with Crippen LogP contribution in [-0.4, -0.2) is 30.1 Å². The zero-order valence-corrected chi connectivity index (χ0v) is 12.4. The van der Waals surface area contributed by atoms with Gasteiger partial charge in [-0.05, 0) is 26.2 Å². The minimum atomic E-state index is -0.0726. The lowest BCUT2D eigenvalue weighted by molar-refractivity contribution is -0.148. The number of carbonyl (C=O) groups excluding carboxylic acids is 1. The zero-order valence-electron chi connectivity index (χ0n) is 10.8. The number of unbranched alkanes of at least 4 members (excludes halogenated alkanes) is 2. The molecule has 0 aliphatic heterocycles. The van der Waals surface area contributed by atoms with Gasteiger partial charge in [-0.15, -0.1) is 0 Å². The van der Waals surface area contributed by atoms with Crippen LogP contribution in [0.3, 0.4) is 0 Å². The maximum Gasteiger partial charge on any atom is 0.309 e.